The molecule has 0 N–H and O–H groups in total. The van der Waals surface area contributed by atoms with E-state index in [-0.39, 0.29) is 0 Å². The summed E-state index contributed by atoms with van der Waals surface area (Å²) in [6, 6.07) is 11.4. The first-order chi connectivity index (χ1) is 13.6. The smallest absolute Gasteiger partial charge is 0.105 e. The van der Waals surface area contributed by atoms with Crippen molar-refractivity contribution in [3.8, 4) is 0 Å². The summed E-state index contributed by atoms with van der Waals surface area (Å²) in [7, 11) is 0. The monoisotopic (exact) mass is 388 g/mol. The van der Waals surface area contributed by atoms with E-state index in [2.05, 4.69) is 65.0 Å². The van der Waals surface area contributed by atoms with Gasteiger partial charge in [-0.2, -0.15) is 0 Å². The SMILES string of the molecule is CCCCCC(CCCC)(CCCC)[N+](CC)(CCCC)Cc1ccccc1. The van der Waals surface area contributed by atoms with Gasteiger partial charge >= 0.3 is 0 Å². The summed E-state index contributed by atoms with van der Waals surface area (Å²) >= 11 is 0. The third kappa shape index (κ3) is 7.21. The van der Waals surface area contributed by atoms with Crippen molar-refractivity contribution in [2.75, 3.05) is 13.1 Å². The van der Waals surface area contributed by atoms with Crippen LogP contribution in [0, 0.1) is 0 Å². The van der Waals surface area contributed by atoms with Crippen molar-refractivity contribution < 1.29 is 4.48 Å². The van der Waals surface area contributed by atoms with Crippen LogP contribution in [-0.4, -0.2) is 23.1 Å². The zero-order valence-corrected chi connectivity index (χ0v) is 19.9. The molecule has 0 aliphatic carbocycles. The summed E-state index contributed by atoms with van der Waals surface area (Å²) in [4.78, 5) is 0. The van der Waals surface area contributed by atoms with Gasteiger partial charge in [0.1, 0.15) is 6.54 Å². The highest BCUT2D eigenvalue weighted by molar-refractivity contribution is 5.13. The summed E-state index contributed by atoms with van der Waals surface area (Å²) < 4.78 is 1.31. The first-order valence-corrected chi connectivity index (χ1v) is 12.5. The van der Waals surface area contributed by atoms with Crippen molar-refractivity contribution in [2.45, 2.75) is 124 Å². The molecule has 0 aliphatic heterocycles. The van der Waals surface area contributed by atoms with E-state index in [1.54, 1.807) is 0 Å². The minimum atomic E-state index is 0.459. The second kappa shape index (κ2) is 14.2. The summed E-state index contributed by atoms with van der Waals surface area (Å²) in [6.45, 7) is 15.8. The Morgan fingerprint density at radius 3 is 1.68 bits per heavy atom. The number of hydrogen-bond donors (Lipinski definition) is 0. The summed E-state index contributed by atoms with van der Waals surface area (Å²) in [5, 5.41) is 0. The fourth-order valence-electron chi connectivity index (χ4n) is 5.29. The number of benzene rings is 1. The molecule has 1 heteroatoms. The Balaban J connectivity index is 3.36. The van der Waals surface area contributed by atoms with Crippen LogP contribution >= 0.6 is 0 Å². The van der Waals surface area contributed by atoms with Gasteiger partial charge in [0.15, 0.2) is 0 Å². The van der Waals surface area contributed by atoms with Gasteiger partial charge in [0.05, 0.1) is 18.6 Å². The van der Waals surface area contributed by atoms with Gasteiger partial charge in [-0.1, -0.05) is 90.1 Å². The minimum absolute atomic E-state index is 0.459. The predicted octanol–water partition coefficient (Wildman–Crippen LogP) is 8.52. The first-order valence-electron chi connectivity index (χ1n) is 12.5. The Morgan fingerprint density at radius 2 is 1.18 bits per heavy atom. The Bertz CT molecular complexity index is 472. The van der Waals surface area contributed by atoms with Gasteiger partial charge in [-0.15, -0.1) is 0 Å². The molecule has 0 aromatic heterocycles. The quantitative estimate of drug-likeness (QED) is 0.185. The second-order valence-corrected chi connectivity index (χ2v) is 9.07. The Morgan fingerprint density at radius 1 is 0.643 bits per heavy atom. The topological polar surface area (TPSA) is 0 Å². The molecule has 0 saturated heterocycles. The lowest BCUT2D eigenvalue weighted by molar-refractivity contribution is -0.989. The van der Waals surface area contributed by atoms with Gasteiger partial charge in [-0.25, -0.2) is 0 Å². The van der Waals surface area contributed by atoms with E-state index in [4.69, 9.17) is 0 Å². The fourth-order valence-corrected chi connectivity index (χ4v) is 5.29. The van der Waals surface area contributed by atoms with Crippen LogP contribution in [0.3, 0.4) is 0 Å². The first kappa shape index (κ1) is 25.2. The van der Waals surface area contributed by atoms with Crippen LogP contribution in [0.25, 0.3) is 0 Å². The van der Waals surface area contributed by atoms with Gasteiger partial charge in [0.25, 0.3) is 0 Å². The molecule has 28 heavy (non-hydrogen) atoms. The van der Waals surface area contributed by atoms with Crippen molar-refractivity contribution in [3.05, 3.63) is 35.9 Å². The molecule has 162 valence electrons. The number of quaternary nitrogens is 1. The largest absolute Gasteiger partial charge is 0.315 e. The number of hydrogen-bond acceptors (Lipinski definition) is 0. The van der Waals surface area contributed by atoms with E-state index in [1.807, 2.05) is 0 Å². The van der Waals surface area contributed by atoms with Gasteiger partial charge in [0.2, 0.25) is 0 Å². The zero-order chi connectivity index (χ0) is 20.7. The lowest BCUT2D eigenvalue weighted by Crippen LogP contribution is -2.64. The lowest BCUT2D eigenvalue weighted by Gasteiger charge is -2.54. The molecular weight excluding hydrogens is 338 g/mol. The van der Waals surface area contributed by atoms with Crippen LogP contribution in [0.5, 0.6) is 0 Å². The molecule has 1 atom stereocenters. The van der Waals surface area contributed by atoms with Gasteiger partial charge in [-0.05, 0) is 32.6 Å². The van der Waals surface area contributed by atoms with E-state index in [0.717, 1.165) is 0 Å². The molecule has 0 fully saturated rings. The van der Waals surface area contributed by atoms with E-state index < -0.39 is 0 Å². The third-order valence-corrected chi connectivity index (χ3v) is 7.12. The Labute approximate surface area is 177 Å². The molecule has 0 radical (unpaired) electrons. The van der Waals surface area contributed by atoms with E-state index in [1.165, 1.54) is 107 Å². The van der Waals surface area contributed by atoms with E-state index in [0.29, 0.717) is 5.54 Å². The predicted molar refractivity (Wildman–Crippen MR) is 127 cm³/mol. The Kier molecular flexibility index (Phi) is 12.8. The van der Waals surface area contributed by atoms with Gasteiger partial charge in [-0.3, -0.25) is 0 Å². The normalized spacial score (nSPS) is 14.2. The fraction of sp³-hybridized carbons (Fsp3) is 0.778. The highest BCUT2D eigenvalue weighted by Gasteiger charge is 2.47. The molecule has 1 aromatic rings. The van der Waals surface area contributed by atoms with Crippen molar-refractivity contribution in [3.63, 3.8) is 0 Å². The highest BCUT2D eigenvalue weighted by Crippen LogP contribution is 2.42. The molecule has 0 bridgehead atoms. The Hall–Kier alpha value is -0.820. The van der Waals surface area contributed by atoms with E-state index >= 15 is 0 Å². The molecule has 0 amide bonds. The molecule has 1 nitrogen and oxygen atoms in total. The zero-order valence-electron chi connectivity index (χ0n) is 19.9. The molecule has 0 spiro atoms. The van der Waals surface area contributed by atoms with Crippen molar-refractivity contribution >= 4 is 0 Å². The molecule has 0 aliphatic rings. The number of unbranched alkanes of at least 4 members (excludes halogenated alkanes) is 5. The van der Waals surface area contributed by atoms with Gasteiger partial charge in [0, 0.05) is 24.8 Å². The maximum absolute atomic E-state index is 2.48. The number of rotatable bonds is 17. The average Bonchev–Trinajstić information content (AvgIpc) is 2.73. The summed E-state index contributed by atoms with van der Waals surface area (Å²) in [5.74, 6) is 0. The van der Waals surface area contributed by atoms with Crippen molar-refractivity contribution in [1.29, 1.82) is 0 Å². The molecule has 1 unspecified atom stereocenters. The van der Waals surface area contributed by atoms with Crippen molar-refractivity contribution in [1.82, 2.24) is 0 Å². The highest BCUT2D eigenvalue weighted by atomic mass is 15.4. The summed E-state index contributed by atoms with van der Waals surface area (Å²) in [5.41, 5.74) is 1.99. The van der Waals surface area contributed by atoms with Crippen LogP contribution in [0.1, 0.15) is 117 Å². The van der Waals surface area contributed by atoms with Crippen LogP contribution in [-0.2, 0) is 6.54 Å². The van der Waals surface area contributed by atoms with Gasteiger partial charge < -0.3 is 4.48 Å². The maximum atomic E-state index is 2.48. The van der Waals surface area contributed by atoms with Crippen molar-refractivity contribution in [2.24, 2.45) is 0 Å². The third-order valence-electron chi connectivity index (χ3n) is 7.12. The van der Waals surface area contributed by atoms with E-state index in [9.17, 15) is 0 Å². The maximum Gasteiger partial charge on any atom is 0.105 e. The second-order valence-electron chi connectivity index (χ2n) is 9.07. The average molecular weight is 389 g/mol. The summed E-state index contributed by atoms with van der Waals surface area (Å²) in [6.07, 6.45) is 16.5. The number of nitrogens with zero attached hydrogens (tertiary/aromatic N) is 1. The molecule has 0 saturated carbocycles. The minimum Gasteiger partial charge on any atom is -0.315 e. The molecule has 0 heterocycles. The lowest BCUT2D eigenvalue weighted by atomic mass is 9.77. The van der Waals surface area contributed by atoms with Crippen LogP contribution < -0.4 is 0 Å². The van der Waals surface area contributed by atoms with Crippen LogP contribution in [0.2, 0.25) is 0 Å². The standard InChI is InChI=1S/C27H50N/c1-6-11-18-23-27(21-12-7-2,22-13-8-3)28(10-5,24-14-9-4)25-26-19-16-15-17-20-26/h15-17,19-20H,6-14,18,21-25H2,1-5H3/q+1. The molecule has 1 rings (SSSR count). The van der Waals surface area contributed by atoms with Crippen LogP contribution in [0.4, 0.5) is 0 Å². The van der Waals surface area contributed by atoms with Crippen LogP contribution in [0.15, 0.2) is 30.3 Å². The molecule has 1 aromatic carbocycles. The molecular formula is C27H50N+.